The molecule has 0 spiro atoms. The fourth-order valence-electron chi connectivity index (χ4n) is 2.39. The van der Waals surface area contributed by atoms with Gasteiger partial charge in [-0.05, 0) is 36.5 Å². The van der Waals surface area contributed by atoms with Crippen molar-refractivity contribution in [2.45, 2.75) is 58.9 Å². The van der Waals surface area contributed by atoms with Gasteiger partial charge in [-0.1, -0.05) is 46.2 Å². The quantitative estimate of drug-likeness (QED) is 0.696. The molecule has 6 heteroatoms. The highest BCUT2D eigenvalue weighted by atomic mass is 16.5. The van der Waals surface area contributed by atoms with Gasteiger partial charge in [-0.2, -0.15) is 0 Å². The number of esters is 1. The van der Waals surface area contributed by atoms with Gasteiger partial charge in [0.25, 0.3) is 11.8 Å². The maximum atomic E-state index is 12.1. The van der Waals surface area contributed by atoms with E-state index < -0.39 is 5.97 Å². The molecule has 0 saturated carbocycles. The smallest absolute Gasteiger partial charge is 0.325 e. The van der Waals surface area contributed by atoms with Crippen LogP contribution in [-0.2, 0) is 19.7 Å². The number of benzene rings is 1. The topological polar surface area (TPSA) is 84.5 Å². The second-order valence-electron chi connectivity index (χ2n) is 7.43. The van der Waals surface area contributed by atoms with E-state index in [2.05, 4.69) is 31.4 Å². The number of amides is 2. The van der Waals surface area contributed by atoms with E-state index in [0.29, 0.717) is 5.56 Å². The van der Waals surface area contributed by atoms with Crippen LogP contribution in [-0.4, -0.2) is 37.0 Å². The molecule has 0 aliphatic rings. The van der Waals surface area contributed by atoms with Crippen LogP contribution < -0.4 is 10.6 Å². The molecule has 1 atom stereocenters. The Morgan fingerprint density at radius 1 is 1.12 bits per heavy atom. The Balaban J connectivity index is 2.38. The predicted molar refractivity (Wildman–Crippen MR) is 101 cm³/mol. The van der Waals surface area contributed by atoms with Crippen molar-refractivity contribution >= 4 is 17.8 Å². The first-order valence-electron chi connectivity index (χ1n) is 8.97. The number of carbonyl (C=O) groups excluding carboxylic acids is 3. The summed E-state index contributed by atoms with van der Waals surface area (Å²) in [6.45, 7) is 9.59. The van der Waals surface area contributed by atoms with E-state index in [9.17, 15) is 14.4 Å². The molecule has 6 nitrogen and oxygen atoms in total. The summed E-state index contributed by atoms with van der Waals surface area (Å²) >= 11 is 0. The monoisotopic (exact) mass is 362 g/mol. The van der Waals surface area contributed by atoms with Crippen LogP contribution in [0.15, 0.2) is 24.3 Å². The van der Waals surface area contributed by atoms with Gasteiger partial charge in [0.05, 0.1) is 0 Å². The van der Waals surface area contributed by atoms with E-state index in [-0.39, 0.29) is 36.4 Å². The third-order valence-corrected chi connectivity index (χ3v) is 3.90. The fourth-order valence-corrected chi connectivity index (χ4v) is 2.39. The van der Waals surface area contributed by atoms with E-state index >= 15 is 0 Å². The molecule has 0 radical (unpaired) electrons. The molecule has 0 saturated heterocycles. The van der Waals surface area contributed by atoms with Crippen LogP contribution in [0.1, 0.15) is 63.4 Å². The van der Waals surface area contributed by atoms with Crippen LogP contribution in [0.4, 0.5) is 0 Å². The van der Waals surface area contributed by atoms with E-state index in [0.717, 1.165) is 18.4 Å². The molecule has 1 rings (SSSR count). The van der Waals surface area contributed by atoms with Crippen molar-refractivity contribution in [1.82, 2.24) is 10.6 Å². The van der Waals surface area contributed by atoms with Crippen molar-refractivity contribution < 1.29 is 19.1 Å². The molecule has 0 bridgehead atoms. The molecular formula is C20H30N2O4. The van der Waals surface area contributed by atoms with Crippen LogP contribution in [0, 0.1) is 0 Å². The lowest BCUT2D eigenvalue weighted by atomic mass is 9.87. The summed E-state index contributed by atoms with van der Waals surface area (Å²) in [4.78, 5) is 35.4. The van der Waals surface area contributed by atoms with Gasteiger partial charge < -0.3 is 15.4 Å². The fraction of sp³-hybridized carbons (Fsp3) is 0.550. The molecule has 0 aliphatic carbocycles. The van der Waals surface area contributed by atoms with Crippen molar-refractivity contribution in [3.05, 3.63) is 35.4 Å². The number of hydrogen-bond donors (Lipinski definition) is 2. The zero-order chi connectivity index (χ0) is 19.7. The van der Waals surface area contributed by atoms with Crippen LogP contribution in [0.25, 0.3) is 0 Å². The zero-order valence-corrected chi connectivity index (χ0v) is 16.3. The van der Waals surface area contributed by atoms with Crippen LogP contribution in [0.5, 0.6) is 0 Å². The average Bonchev–Trinajstić information content (AvgIpc) is 2.57. The number of rotatable bonds is 8. The molecule has 2 amide bonds. The lowest BCUT2D eigenvalue weighted by molar-refractivity contribution is -0.147. The molecule has 1 aromatic carbocycles. The zero-order valence-electron chi connectivity index (χ0n) is 16.3. The Kier molecular flexibility index (Phi) is 8.29. The number of nitrogens with one attached hydrogen (secondary N) is 2. The molecule has 144 valence electrons. The molecule has 0 aliphatic heterocycles. The van der Waals surface area contributed by atoms with Gasteiger partial charge in [0.15, 0.2) is 6.61 Å². The highest BCUT2D eigenvalue weighted by molar-refractivity contribution is 5.96. The molecule has 0 fully saturated rings. The SMILES string of the molecule is CCC[C@H](C)NC(=O)COC(=O)CNC(=O)c1ccc(C(C)(C)C)cc1. The summed E-state index contributed by atoms with van der Waals surface area (Å²) in [5.41, 5.74) is 1.60. The molecular weight excluding hydrogens is 332 g/mol. The van der Waals surface area contributed by atoms with Gasteiger partial charge in [0.1, 0.15) is 6.54 Å². The first kappa shape index (κ1) is 21.7. The summed E-state index contributed by atoms with van der Waals surface area (Å²) < 4.78 is 4.87. The van der Waals surface area contributed by atoms with E-state index in [1.807, 2.05) is 26.0 Å². The van der Waals surface area contributed by atoms with Gasteiger partial charge >= 0.3 is 5.97 Å². The highest BCUT2D eigenvalue weighted by Crippen LogP contribution is 2.22. The van der Waals surface area contributed by atoms with Gasteiger partial charge in [-0.3, -0.25) is 14.4 Å². The first-order valence-corrected chi connectivity index (χ1v) is 8.97. The van der Waals surface area contributed by atoms with Crippen molar-refractivity contribution in [1.29, 1.82) is 0 Å². The maximum Gasteiger partial charge on any atom is 0.325 e. The van der Waals surface area contributed by atoms with E-state index in [1.165, 1.54) is 0 Å². The third kappa shape index (κ3) is 7.68. The lowest BCUT2D eigenvalue weighted by Gasteiger charge is -2.19. The predicted octanol–water partition coefficient (Wildman–Crippen LogP) is 2.56. The average molecular weight is 362 g/mol. The number of carbonyl (C=O) groups is 3. The molecule has 26 heavy (non-hydrogen) atoms. The van der Waals surface area contributed by atoms with Gasteiger partial charge in [0.2, 0.25) is 0 Å². The number of hydrogen-bond acceptors (Lipinski definition) is 4. The Morgan fingerprint density at radius 3 is 2.27 bits per heavy atom. The summed E-state index contributed by atoms with van der Waals surface area (Å²) in [5.74, 6) is -1.35. The summed E-state index contributed by atoms with van der Waals surface area (Å²) in [6, 6.07) is 7.29. The van der Waals surface area contributed by atoms with Crippen molar-refractivity contribution in [3.8, 4) is 0 Å². The molecule has 0 unspecified atom stereocenters. The van der Waals surface area contributed by atoms with E-state index in [1.54, 1.807) is 12.1 Å². The summed E-state index contributed by atoms with van der Waals surface area (Å²) in [7, 11) is 0. The summed E-state index contributed by atoms with van der Waals surface area (Å²) in [6.07, 6.45) is 1.83. The Morgan fingerprint density at radius 2 is 1.73 bits per heavy atom. The molecule has 0 aromatic heterocycles. The maximum absolute atomic E-state index is 12.1. The van der Waals surface area contributed by atoms with Crippen molar-refractivity contribution in [2.75, 3.05) is 13.2 Å². The Hall–Kier alpha value is -2.37. The highest BCUT2D eigenvalue weighted by Gasteiger charge is 2.15. The lowest BCUT2D eigenvalue weighted by Crippen LogP contribution is -2.37. The second kappa shape index (κ2) is 9.94. The van der Waals surface area contributed by atoms with Crippen molar-refractivity contribution in [2.24, 2.45) is 0 Å². The molecule has 1 aromatic rings. The normalized spacial score (nSPS) is 12.2. The first-order chi connectivity index (χ1) is 12.1. The minimum absolute atomic E-state index is 0.00795. The van der Waals surface area contributed by atoms with Gasteiger partial charge in [0, 0.05) is 11.6 Å². The van der Waals surface area contributed by atoms with Gasteiger partial charge in [-0.25, -0.2) is 0 Å². The minimum atomic E-state index is -0.650. The summed E-state index contributed by atoms with van der Waals surface area (Å²) in [5, 5.41) is 5.24. The number of ether oxygens (including phenoxy) is 1. The van der Waals surface area contributed by atoms with Crippen LogP contribution >= 0.6 is 0 Å². The van der Waals surface area contributed by atoms with Crippen LogP contribution in [0.2, 0.25) is 0 Å². The third-order valence-electron chi connectivity index (χ3n) is 3.90. The molecule has 2 N–H and O–H groups in total. The second-order valence-corrected chi connectivity index (χ2v) is 7.43. The van der Waals surface area contributed by atoms with E-state index in [4.69, 9.17) is 4.74 Å². The molecule has 0 heterocycles. The minimum Gasteiger partial charge on any atom is -0.454 e. The van der Waals surface area contributed by atoms with Gasteiger partial charge in [-0.15, -0.1) is 0 Å². The Bertz CT molecular complexity index is 618. The Labute approximate surface area is 155 Å². The largest absolute Gasteiger partial charge is 0.454 e. The standard InChI is InChI=1S/C20H30N2O4/c1-6-7-14(2)22-17(23)13-26-18(24)12-21-19(25)15-8-10-16(11-9-15)20(3,4)5/h8-11,14H,6-7,12-13H2,1-5H3,(H,21,25)(H,22,23)/t14-/m0/s1. The van der Waals surface area contributed by atoms with Crippen molar-refractivity contribution in [3.63, 3.8) is 0 Å². The van der Waals surface area contributed by atoms with Crippen LogP contribution in [0.3, 0.4) is 0 Å².